The van der Waals surface area contributed by atoms with E-state index in [-0.39, 0.29) is 11.3 Å². The minimum Gasteiger partial charge on any atom is -0.493 e. The Kier molecular flexibility index (Phi) is 9.41. The van der Waals surface area contributed by atoms with Gasteiger partial charge in [-0.1, -0.05) is 51.1 Å². The highest BCUT2D eigenvalue weighted by molar-refractivity contribution is 5.93. The van der Waals surface area contributed by atoms with Gasteiger partial charge in [-0.2, -0.15) is 0 Å². The number of nitrogens with one attached hydrogen (secondary N) is 2. The SMILES string of the molecule is C[NH2+]CC(=O)Nc1cc(NC(OC)c2cccc3cc(Oc4ccnc5cc(OC)c(OC)cc45)ccc23)ccc1C(C)(C)C. The summed E-state index contributed by atoms with van der Waals surface area (Å²) in [6.07, 6.45) is 1.27. The fraction of sp³-hybridized carbons (Fsp3) is 0.278. The zero-order chi connectivity index (χ0) is 32.1. The molecule has 0 aliphatic carbocycles. The molecule has 0 saturated heterocycles. The number of aromatic nitrogens is 1. The second-order valence-corrected chi connectivity index (χ2v) is 11.8. The van der Waals surface area contributed by atoms with Crippen molar-refractivity contribution in [2.45, 2.75) is 32.4 Å². The monoisotopic (exact) mass is 609 g/mol. The molecule has 234 valence electrons. The lowest BCUT2D eigenvalue weighted by molar-refractivity contribution is -0.615. The summed E-state index contributed by atoms with van der Waals surface area (Å²) in [6.45, 7) is 6.75. The lowest BCUT2D eigenvalue weighted by Gasteiger charge is -2.25. The van der Waals surface area contributed by atoms with Crippen LogP contribution in [0.5, 0.6) is 23.0 Å². The van der Waals surface area contributed by atoms with Gasteiger partial charge in [0, 0.05) is 41.7 Å². The van der Waals surface area contributed by atoms with E-state index in [4.69, 9.17) is 18.9 Å². The average Bonchev–Trinajstić information content (AvgIpc) is 3.02. The molecule has 0 bridgehead atoms. The third-order valence-electron chi connectivity index (χ3n) is 7.63. The molecule has 0 aliphatic heterocycles. The molecule has 0 radical (unpaired) electrons. The molecule has 1 unspecified atom stereocenters. The van der Waals surface area contributed by atoms with Crippen LogP contribution in [0.15, 0.2) is 79.0 Å². The number of methoxy groups -OCH3 is 3. The Morgan fingerprint density at radius 1 is 0.889 bits per heavy atom. The predicted molar refractivity (Wildman–Crippen MR) is 179 cm³/mol. The molecule has 0 spiro atoms. The molecule has 0 saturated carbocycles. The van der Waals surface area contributed by atoms with Crippen molar-refractivity contribution in [2.24, 2.45) is 0 Å². The summed E-state index contributed by atoms with van der Waals surface area (Å²) in [5, 5.41) is 11.3. The first-order chi connectivity index (χ1) is 21.6. The summed E-state index contributed by atoms with van der Waals surface area (Å²) >= 11 is 0. The van der Waals surface area contributed by atoms with Gasteiger partial charge in [-0.3, -0.25) is 9.78 Å². The molecule has 0 fully saturated rings. The van der Waals surface area contributed by atoms with Gasteiger partial charge in [-0.25, -0.2) is 0 Å². The number of rotatable bonds is 11. The fourth-order valence-electron chi connectivity index (χ4n) is 5.44. The van der Waals surface area contributed by atoms with Gasteiger partial charge >= 0.3 is 0 Å². The van der Waals surface area contributed by atoms with E-state index in [2.05, 4.69) is 42.5 Å². The van der Waals surface area contributed by atoms with E-state index in [1.165, 1.54) is 0 Å². The number of likely N-dealkylation sites (N-methyl/N-ethyl adjacent to an activating group) is 1. The van der Waals surface area contributed by atoms with Gasteiger partial charge in [0.15, 0.2) is 24.3 Å². The quantitative estimate of drug-likeness (QED) is 0.149. The van der Waals surface area contributed by atoms with Gasteiger partial charge in [0.25, 0.3) is 5.91 Å². The van der Waals surface area contributed by atoms with Crippen molar-refractivity contribution in [1.82, 2.24) is 4.98 Å². The maximum atomic E-state index is 12.5. The predicted octanol–water partition coefficient (Wildman–Crippen LogP) is 6.38. The first-order valence-electron chi connectivity index (χ1n) is 14.9. The topological polar surface area (TPSA) is 108 Å². The highest BCUT2D eigenvalue weighted by atomic mass is 16.5. The van der Waals surface area contributed by atoms with Gasteiger partial charge in [-0.05, 0) is 58.1 Å². The molecule has 5 aromatic rings. The number of carbonyl (C=O) groups is 1. The molecule has 1 amide bonds. The summed E-state index contributed by atoms with van der Waals surface area (Å²) in [7, 11) is 6.76. The number of nitrogens with two attached hydrogens (primary N) is 1. The minimum atomic E-state index is -0.444. The Morgan fingerprint density at radius 2 is 1.67 bits per heavy atom. The number of carbonyl (C=O) groups excluding carboxylic acids is 1. The van der Waals surface area contributed by atoms with E-state index in [0.717, 1.165) is 44.2 Å². The number of ether oxygens (including phenoxy) is 4. The van der Waals surface area contributed by atoms with Crippen molar-refractivity contribution in [2.75, 3.05) is 45.6 Å². The number of fused-ring (bicyclic) bond motifs is 2. The van der Waals surface area contributed by atoms with Crippen LogP contribution < -0.4 is 30.2 Å². The lowest BCUT2D eigenvalue weighted by atomic mass is 9.85. The smallest absolute Gasteiger partial charge is 0.279 e. The van der Waals surface area contributed by atoms with Crippen LogP contribution in [-0.2, 0) is 14.9 Å². The van der Waals surface area contributed by atoms with Crippen LogP contribution in [0.4, 0.5) is 11.4 Å². The van der Waals surface area contributed by atoms with Crippen molar-refractivity contribution in [3.8, 4) is 23.0 Å². The molecule has 45 heavy (non-hydrogen) atoms. The fourth-order valence-corrected chi connectivity index (χ4v) is 5.44. The number of anilines is 2. The Bertz CT molecular complexity index is 1830. The van der Waals surface area contributed by atoms with Gasteiger partial charge in [-0.15, -0.1) is 0 Å². The van der Waals surface area contributed by atoms with E-state index in [0.29, 0.717) is 29.5 Å². The van der Waals surface area contributed by atoms with E-state index in [9.17, 15) is 4.79 Å². The number of nitrogens with zero attached hydrogens (tertiary/aromatic N) is 1. The second-order valence-electron chi connectivity index (χ2n) is 11.8. The maximum absolute atomic E-state index is 12.5. The van der Waals surface area contributed by atoms with Gasteiger partial charge in [0.1, 0.15) is 11.5 Å². The number of quaternary nitrogens is 1. The molecule has 1 aromatic heterocycles. The van der Waals surface area contributed by atoms with Crippen molar-refractivity contribution >= 4 is 39.0 Å². The number of amides is 1. The molecule has 9 nitrogen and oxygen atoms in total. The Labute approximate surface area is 263 Å². The zero-order valence-electron chi connectivity index (χ0n) is 26.9. The largest absolute Gasteiger partial charge is 0.493 e. The summed E-state index contributed by atoms with van der Waals surface area (Å²) in [4.78, 5) is 17.0. The molecule has 1 atom stereocenters. The third-order valence-corrected chi connectivity index (χ3v) is 7.63. The summed E-state index contributed by atoms with van der Waals surface area (Å²) < 4.78 is 23.3. The third kappa shape index (κ3) is 6.95. The molecule has 9 heteroatoms. The Balaban J connectivity index is 1.44. The van der Waals surface area contributed by atoms with Crippen LogP contribution in [0.25, 0.3) is 21.7 Å². The highest BCUT2D eigenvalue weighted by Crippen LogP contribution is 2.38. The second kappa shape index (κ2) is 13.4. The van der Waals surface area contributed by atoms with Crippen LogP contribution in [0.3, 0.4) is 0 Å². The van der Waals surface area contributed by atoms with Crippen LogP contribution in [-0.4, -0.2) is 45.8 Å². The van der Waals surface area contributed by atoms with Crippen molar-refractivity contribution in [3.05, 3.63) is 90.1 Å². The Hall–Kier alpha value is -4.86. The first kappa shape index (κ1) is 31.6. The molecular formula is C36H41N4O5+. The van der Waals surface area contributed by atoms with Gasteiger partial charge < -0.3 is 34.9 Å². The average molecular weight is 610 g/mol. The number of hydrogen-bond acceptors (Lipinski definition) is 7. The van der Waals surface area contributed by atoms with Crippen molar-refractivity contribution < 1.29 is 29.1 Å². The molecule has 4 N–H and O–H groups in total. The standard InChI is InChI=1S/C36H40N4O5/c1-36(2,3)28-14-11-23(18-30(28)40-34(41)21-37-4)39-35(44-7)26-10-8-9-22-17-24(12-13-25(22)26)45-31-15-16-38-29-20-33(43-6)32(42-5)19-27(29)31/h8-20,35,37,39H,21H2,1-7H3,(H,40,41)/p+1. The minimum absolute atomic E-state index is 0.0471. The summed E-state index contributed by atoms with van der Waals surface area (Å²) in [5.41, 5.74) is 4.24. The zero-order valence-corrected chi connectivity index (χ0v) is 26.9. The molecule has 5 rings (SSSR count). The van der Waals surface area contributed by atoms with Crippen molar-refractivity contribution in [1.29, 1.82) is 0 Å². The summed E-state index contributed by atoms with van der Waals surface area (Å²) in [5.74, 6) is 2.51. The van der Waals surface area contributed by atoms with Crippen LogP contribution in [0.1, 0.15) is 38.1 Å². The van der Waals surface area contributed by atoms with E-state index in [1.807, 2.05) is 79.1 Å². The van der Waals surface area contributed by atoms with Gasteiger partial charge in [0.05, 0.1) is 26.8 Å². The van der Waals surface area contributed by atoms with E-state index in [1.54, 1.807) is 27.5 Å². The first-order valence-corrected chi connectivity index (χ1v) is 14.9. The number of benzene rings is 4. The molecule has 1 heterocycles. The number of pyridine rings is 1. The van der Waals surface area contributed by atoms with E-state index < -0.39 is 6.23 Å². The van der Waals surface area contributed by atoms with Crippen molar-refractivity contribution in [3.63, 3.8) is 0 Å². The highest BCUT2D eigenvalue weighted by Gasteiger charge is 2.21. The van der Waals surface area contributed by atoms with Crippen LogP contribution in [0.2, 0.25) is 0 Å². The Morgan fingerprint density at radius 3 is 2.38 bits per heavy atom. The lowest BCUT2D eigenvalue weighted by Crippen LogP contribution is -2.82. The maximum Gasteiger partial charge on any atom is 0.279 e. The van der Waals surface area contributed by atoms with Crippen LogP contribution in [0, 0.1) is 0 Å². The molecule has 4 aromatic carbocycles. The number of hydrogen-bond donors (Lipinski definition) is 3. The van der Waals surface area contributed by atoms with Gasteiger partial charge in [0.2, 0.25) is 0 Å². The van der Waals surface area contributed by atoms with Crippen LogP contribution >= 0.6 is 0 Å². The summed E-state index contributed by atoms with van der Waals surface area (Å²) in [6, 6.07) is 23.7. The normalized spacial score (nSPS) is 12.2. The van der Waals surface area contributed by atoms with E-state index >= 15 is 0 Å². The molecular weight excluding hydrogens is 568 g/mol. The molecule has 0 aliphatic rings.